The first-order chi connectivity index (χ1) is 9.35. The summed E-state index contributed by atoms with van der Waals surface area (Å²) in [5.41, 5.74) is 0.163. The van der Waals surface area contributed by atoms with Gasteiger partial charge < -0.3 is 15.0 Å². The molecular formula is C15H20N2O3. The molecule has 0 aromatic heterocycles. The Morgan fingerprint density at radius 1 is 1.20 bits per heavy atom. The van der Waals surface area contributed by atoms with Crippen LogP contribution in [0.4, 0.5) is 4.79 Å². The zero-order chi connectivity index (χ0) is 14.8. The molecule has 0 atom stereocenters. The summed E-state index contributed by atoms with van der Waals surface area (Å²) in [6, 6.07) is 9.10. The highest BCUT2D eigenvalue weighted by Crippen LogP contribution is 2.14. The van der Waals surface area contributed by atoms with Crippen molar-refractivity contribution in [3.8, 4) is 0 Å². The van der Waals surface area contributed by atoms with E-state index in [0.29, 0.717) is 18.7 Å². The van der Waals surface area contributed by atoms with Crippen molar-refractivity contribution >= 4 is 12.0 Å². The Labute approximate surface area is 118 Å². The molecular weight excluding hydrogens is 256 g/mol. The summed E-state index contributed by atoms with van der Waals surface area (Å²) in [4.78, 5) is 25.3. The topological polar surface area (TPSA) is 58.6 Å². The third-order valence-corrected chi connectivity index (χ3v) is 2.91. The Hall–Kier alpha value is -2.04. The molecule has 5 nitrogen and oxygen atoms in total. The smallest absolute Gasteiger partial charge is 0.407 e. The van der Waals surface area contributed by atoms with Crippen LogP contribution in [0.5, 0.6) is 0 Å². The summed E-state index contributed by atoms with van der Waals surface area (Å²) < 4.78 is 5.17. The van der Waals surface area contributed by atoms with E-state index in [1.165, 1.54) is 0 Å². The summed E-state index contributed by atoms with van der Waals surface area (Å²) in [6.07, 6.45) is -0.436. The molecule has 0 unspecified atom stereocenters. The van der Waals surface area contributed by atoms with Crippen LogP contribution in [-0.2, 0) is 4.74 Å². The van der Waals surface area contributed by atoms with Crippen molar-refractivity contribution in [1.82, 2.24) is 10.2 Å². The number of likely N-dealkylation sites (tertiary alicyclic amines) is 1. The fraction of sp³-hybridized carbons (Fsp3) is 0.467. The number of ether oxygens (including phenoxy) is 1. The van der Waals surface area contributed by atoms with Crippen molar-refractivity contribution in [2.24, 2.45) is 0 Å². The van der Waals surface area contributed by atoms with Crippen LogP contribution in [0.15, 0.2) is 30.3 Å². The molecule has 1 N–H and O–H groups in total. The van der Waals surface area contributed by atoms with Crippen LogP contribution in [0.2, 0.25) is 0 Å². The van der Waals surface area contributed by atoms with Gasteiger partial charge in [-0.25, -0.2) is 4.79 Å². The molecule has 0 saturated carbocycles. The maximum absolute atomic E-state index is 12.1. The van der Waals surface area contributed by atoms with Gasteiger partial charge in [-0.1, -0.05) is 18.2 Å². The van der Waals surface area contributed by atoms with E-state index in [1.807, 2.05) is 39.0 Å². The van der Waals surface area contributed by atoms with E-state index in [2.05, 4.69) is 5.32 Å². The minimum absolute atomic E-state index is 0.00663. The second-order valence-corrected chi connectivity index (χ2v) is 5.92. The van der Waals surface area contributed by atoms with Crippen molar-refractivity contribution in [3.63, 3.8) is 0 Å². The molecule has 1 aromatic rings. The molecule has 1 aromatic carbocycles. The van der Waals surface area contributed by atoms with Gasteiger partial charge in [0.05, 0.1) is 6.04 Å². The molecule has 1 aliphatic rings. The number of carbonyl (C=O) groups is 2. The number of nitrogens with one attached hydrogen (secondary N) is 1. The van der Waals surface area contributed by atoms with Gasteiger partial charge >= 0.3 is 6.09 Å². The Bertz CT molecular complexity index is 488. The van der Waals surface area contributed by atoms with Gasteiger partial charge in [0, 0.05) is 18.7 Å². The first-order valence-electron chi connectivity index (χ1n) is 6.69. The van der Waals surface area contributed by atoms with E-state index < -0.39 is 11.7 Å². The summed E-state index contributed by atoms with van der Waals surface area (Å²) >= 11 is 0. The van der Waals surface area contributed by atoms with Gasteiger partial charge in [0.25, 0.3) is 5.91 Å². The van der Waals surface area contributed by atoms with Crippen LogP contribution in [0.1, 0.15) is 31.1 Å². The number of amides is 2. The van der Waals surface area contributed by atoms with Crippen LogP contribution < -0.4 is 5.32 Å². The second-order valence-electron chi connectivity index (χ2n) is 5.92. The lowest BCUT2D eigenvalue weighted by molar-refractivity contribution is 0.0359. The van der Waals surface area contributed by atoms with Crippen molar-refractivity contribution in [2.45, 2.75) is 32.4 Å². The minimum atomic E-state index is -0.507. The SMILES string of the molecule is CC(C)(C)OC(=O)NC1CN(C(=O)c2ccccc2)C1. The van der Waals surface area contributed by atoms with Gasteiger partial charge in [-0.15, -0.1) is 0 Å². The van der Waals surface area contributed by atoms with E-state index in [4.69, 9.17) is 4.74 Å². The predicted molar refractivity (Wildman–Crippen MR) is 75.5 cm³/mol. The van der Waals surface area contributed by atoms with Crippen molar-refractivity contribution in [1.29, 1.82) is 0 Å². The molecule has 2 rings (SSSR count). The Balaban J connectivity index is 1.78. The number of hydrogen-bond donors (Lipinski definition) is 1. The van der Waals surface area contributed by atoms with Gasteiger partial charge in [-0.2, -0.15) is 0 Å². The number of nitrogens with zero attached hydrogens (tertiary/aromatic N) is 1. The number of alkyl carbamates (subject to hydrolysis) is 1. The lowest BCUT2D eigenvalue weighted by atomic mass is 10.1. The molecule has 0 spiro atoms. The number of rotatable bonds is 2. The lowest BCUT2D eigenvalue weighted by Crippen LogP contribution is -2.61. The van der Waals surface area contributed by atoms with E-state index in [-0.39, 0.29) is 11.9 Å². The highest BCUT2D eigenvalue weighted by molar-refractivity contribution is 5.94. The van der Waals surface area contributed by atoms with Gasteiger partial charge in [-0.05, 0) is 32.9 Å². The van der Waals surface area contributed by atoms with Crippen LogP contribution in [0, 0.1) is 0 Å². The average Bonchev–Trinajstić information content (AvgIpc) is 2.31. The van der Waals surface area contributed by atoms with Crippen molar-refractivity contribution in [3.05, 3.63) is 35.9 Å². The minimum Gasteiger partial charge on any atom is -0.444 e. The molecule has 0 bridgehead atoms. The van der Waals surface area contributed by atoms with Crippen LogP contribution in [-0.4, -0.2) is 41.6 Å². The molecule has 2 amide bonds. The van der Waals surface area contributed by atoms with E-state index >= 15 is 0 Å². The third-order valence-electron chi connectivity index (χ3n) is 2.91. The van der Waals surface area contributed by atoms with Crippen LogP contribution in [0.3, 0.4) is 0 Å². The van der Waals surface area contributed by atoms with Crippen LogP contribution in [0.25, 0.3) is 0 Å². The Kier molecular flexibility index (Phi) is 3.97. The summed E-state index contributed by atoms with van der Waals surface area (Å²) in [5, 5.41) is 2.75. The van der Waals surface area contributed by atoms with Crippen LogP contribution >= 0.6 is 0 Å². The molecule has 0 aliphatic carbocycles. The van der Waals surface area contributed by atoms with Gasteiger partial charge in [0.15, 0.2) is 0 Å². The highest BCUT2D eigenvalue weighted by Gasteiger charge is 2.33. The molecule has 0 radical (unpaired) electrons. The lowest BCUT2D eigenvalue weighted by Gasteiger charge is -2.39. The average molecular weight is 276 g/mol. The standard InChI is InChI=1S/C15H20N2O3/c1-15(2,3)20-14(19)16-12-9-17(10-12)13(18)11-7-5-4-6-8-11/h4-8,12H,9-10H2,1-3H3,(H,16,19). The molecule has 20 heavy (non-hydrogen) atoms. The normalized spacial score (nSPS) is 15.4. The number of benzene rings is 1. The van der Waals surface area contributed by atoms with Crippen molar-refractivity contribution < 1.29 is 14.3 Å². The van der Waals surface area contributed by atoms with Gasteiger partial charge in [0.2, 0.25) is 0 Å². The zero-order valence-corrected chi connectivity index (χ0v) is 12.1. The summed E-state index contributed by atoms with van der Waals surface area (Å²) in [6.45, 7) is 6.50. The second kappa shape index (κ2) is 5.53. The summed E-state index contributed by atoms with van der Waals surface area (Å²) in [5.74, 6) is -0.00663. The van der Waals surface area contributed by atoms with E-state index in [0.717, 1.165) is 0 Å². The first-order valence-corrected chi connectivity index (χ1v) is 6.69. The largest absolute Gasteiger partial charge is 0.444 e. The monoisotopic (exact) mass is 276 g/mol. The summed E-state index contributed by atoms with van der Waals surface area (Å²) in [7, 11) is 0. The molecule has 1 fully saturated rings. The number of hydrogen-bond acceptors (Lipinski definition) is 3. The third kappa shape index (κ3) is 3.73. The van der Waals surface area contributed by atoms with Gasteiger partial charge in [-0.3, -0.25) is 4.79 Å². The molecule has 108 valence electrons. The van der Waals surface area contributed by atoms with E-state index in [1.54, 1.807) is 17.0 Å². The molecule has 5 heteroatoms. The fourth-order valence-corrected chi connectivity index (χ4v) is 1.97. The number of carbonyl (C=O) groups excluding carboxylic acids is 2. The quantitative estimate of drug-likeness (QED) is 0.899. The Morgan fingerprint density at radius 3 is 2.35 bits per heavy atom. The molecule has 1 heterocycles. The molecule has 1 saturated heterocycles. The molecule has 1 aliphatic heterocycles. The van der Waals surface area contributed by atoms with Gasteiger partial charge in [0.1, 0.15) is 5.60 Å². The van der Waals surface area contributed by atoms with Crippen molar-refractivity contribution in [2.75, 3.05) is 13.1 Å². The van der Waals surface area contributed by atoms with E-state index in [9.17, 15) is 9.59 Å². The zero-order valence-electron chi connectivity index (χ0n) is 12.1. The fourth-order valence-electron chi connectivity index (χ4n) is 1.97. The highest BCUT2D eigenvalue weighted by atomic mass is 16.6. The predicted octanol–water partition coefficient (Wildman–Crippen LogP) is 2.04. The first kappa shape index (κ1) is 14.4. The maximum Gasteiger partial charge on any atom is 0.407 e. The Morgan fingerprint density at radius 2 is 1.80 bits per heavy atom. The maximum atomic E-state index is 12.1.